The van der Waals surface area contributed by atoms with Crippen LogP contribution in [0.2, 0.25) is 0 Å². The Kier molecular flexibility index (Phi) is 3.16. The summed E-state index contributed by atoms with van der Waals surface area (Å²) in [6.45, 7) is 2.10. The largest absolute Gasteiger partial charge is 0.345 e. The zero-order chi connectivity index (χ0) is 13.2. The van der Waals surface area contributed by atoms with E-state index in [4.69, 9.17) is 0 Å². The molecule has 0 saturated heterocycles. The summed E-state index contributed by atoms with van der Waals surface area (Å²) in [5, 5.41) is 9.56. The van der Waals surface area contributed by atoms with Crippen molar-refractivity contribution in [2.45, 2.75) is 19.4 Å². The Labute approximate surface area is 113 Å². The van der Waals surface area contributed by atoms with Gasteiger partial charge in [0, 0.05) is 4.88 Å². The van der Waals surface area contributed by atoms with Crippen molar-refractivity contribution in [3.63, 3.8) is 0 Å². The molecule has 3 aromatic rings. The number of rotatable bonds is 4. The summed E-state index contributed by atoms with van der Waals surface area (Å²) in [6.07, 6.45) is 2.25. The first-order chi connectivity index (χ1) is 9.26. The van der Waals surface area contributed by atoms with Crippen molar-refractivity contribution in [3.05, 3.63) is 46.5 Å². The van der Waals surface area contributed by atoms with Crippen LogP contribution in [0, 0.1) is 5.82 Å². The van der Waals surface area contributed by atoms with Gasteiger partial charge in [0.25, 0.3) is 0 Å². The number of fused-ring (bicyclic) bond motifs is 1. The van der Waals surface area contributed by atoms with Crippen LogP contribution in [0.3, 0.4) is 0 Å². The van der Waals surface area contributed by atoms with Crippen molar-refractivity contribution < 1.29 is 4.39 Å². The quantitative estimate of drug-likeness (QED) is 0.793. The lowest BCUT2D eigenvalue weighted by Crippen LogP contribution is -2.09. The fourth-order valence-electron chi connectivity index (χ4n) is 1.94. The van der Waals surface area contributed by atoms with E-state index in [1.54, 1.807) is 17.4 Å². The summed E-state index contributed by atoms with van der Waals surface area (Å²) in [6, 6.07) is 7.28. The standard InChI is InChI=1S/C13H13FN4S/c1-2-10(11-4-3-7-19-11)15-13-16-12-6-5-9(14)8-18(12)17-13/h3-8,10H,2H2,1H3,(H,15,17). The molecule has 6 heteroatoms. The van der Waals surface area contributed by atoms with E-state index in [-0.39, 0.29) is 11.9 Å². The van der Waals surface area contributed by atoms with E-state index in [2.05, 4.69) is 28.4 Å². The lowest BCUT2D eigenvalue weighted by molar-refractivity contribution is 0.614. The van der Waals surface area contributed by atoms with Gasteiger partial charge in [-0.3, -0.25) is 0 Å². The second-order valence-corrected chi connectivity index (χ2v) is 5.19. The predicted molar refractivity (Wildman–Crippen MR) is 73.9 cm³/mol. The Hall–Kier alpha value is -1.95. The van der Waals surface area contributed by atoms with E-state index in [0.29, 0.717) is 11.6 Å². The van der Waals surface area contributed by atoms with Gasteiger partial charge in [0.15, 0.2) is 5.65 Å². The zero-order valence-electron chi connectivity index (χ0n) is 10.4. The normalized spacial score (nSPS) is 12.7. The highest BCUT2D eigenvalue weighted by atomic mass is 32.1. The molecule has 0 amide bonds. The SMILES string of the molecule is CCC(Nc1nc2ccc(F)cn2n1)c1cccs1. The molecule has 1 atom stereocenters. The number of halogens is 1. The monoisotopic (exact) mass is 276 g/mol. The molecule has 98 valence electrons. The summed E-state index contributed by atoms with van der Waals surface area (Å²) in [5.74, 6) is 0.195. The number of aromatic nitrogens is 3. The minimum atomic E-state index is -0.325. The summed E-state index contributed by atoms with van der Waals surface area (Å²) in [4.78, 5) is 5.57. The Bertz CT molecular complexity index is 677. The third-order valence-electron chi connectivity index (χ3n) is 2.89. The minimum Gasteiger partial charge on any atom is -0.345 e. The van der Waals surface area contributed by atoms with E-state index in [0.717, 1.165) is 6.42 Å². The number of nitrogens with one attached hydrogen (secondary N) is 1. The van der Waals surface area contributed by atoms with Crippen molar-refractivity contribution in [1.82, 2.24) is 14.6 Å². The second kappa shape index (κ2) is 4.97. The maximum atomic E-state index is 13.1. The number of anilines is 1. The van der Waals surface area contributed by atoms with E-state index < -0.39 is 0 Å². The minimum absolute atomic E-state index is 0.183. The summed E-state index contributed by atoms with van der Waals surface area (Å²) >= 11 is 1.70. The van der Waals surface area contributed by atoms with Crippen LogP contribution in [-0.2, 0) is 0 Å². The Morgan fingerprint density at radius 1 is 1.42 bits per heavy atom. The topological polar surface area (TPSA) is 42.2 Å². The van der Waals surface area contributed by atoms with Gasteiger partial charge in [-0.05, 0) is 30.0 Å². The Balaban J connectivity index is 1.88. The number of hydrogen-bond donors (Lipinski definition) is 1. The number of hydrogen-bond acceptors (Lipinski definition) is 4. The van der Waals surface area contributed by atoms with Gasteiger partial charge in [0.1, 0.15) is 5.82 Å². The zero-order valence-corrected chi connectivity index (χ0v) is 11.2. The molecule has 1 unspecified atom stereocenters. The van der Waals surface area contributed by atoms with Crippen LogP contribution in [0.1, 0.15) is 24.3 Å². The summed E-state index contributed by atoms with van der Waals surface area (Å²) < 4.78 is 14.5. The highest BCUT2D eigenvalue weighted by Gasteiger charge is 2.13. The van der Waals surface area contributed by atoms with Crippen LogP contribution >= 0.6 is 11.3 Å². The van der Waals surface area contributed by atoms with Gasteiger partial charge < -0.3 is 5.32 Å². The molecule has 0 aliphatic rings. The smallest absolute Gasteiger partial charge is 0.243 e. The van der Waals surface area contributed by atoms with E-state index in [1.807, 2.05) is 11.4 Å². The second-order valence-electron chi connectivity index (χ2n) is 4.21. The average Bonchev–Trinajstić information content (AvgIpc) is 3.04. The Morgan fingerprint density at radius 2 is 2.32 bits per heavy atom. The molecule has 19 heavy (non-hydrogen) atoms. The van der Waals surface area contributed by atoms with Gasteiger partial charge in [-0.1, -0.05) is 13.0 Å². The molecule has 3 rings (SSSR count). The van der Waals surface area contributed by atoms with Gasteiger partial charge >= 0.3 is 0 Å². The third kappa shape index (κ3) is 2.44. The van der Waals surface area contributed by atoms with Crippen LogP contribution in [-0.4, -0.2) is 14.6 Å². The lowest BCUT2D eigenvalue weighted by atomic mass is 10.2. The lowest BCUT2D eigenvalue weighted by Gasteiger charge is -2.13. The van der Waals surface area contributed by atoms with Crippen LogP contribution in [0.25, 0.3) is 5.65 Å². The predicted octanol–water partition coefficient (Wildman–Crippen LogP) is 3.49. The third-order valence-corrected chi connectivity index (χ3v) is 3.88. The molecule has 0 aromatic carbocycles. The molecule has 1 N–H and O–H groups in total. The average molecular weight is 276 g/mol. The van der Waals surface area contributed by atoms with Gasteiger partial charge in [0.2, 0.25) is 5.95 Å². The van der Waals surface area contributed by atoms with Crippen molar-refractivity contribution in [3.8, 4) is 0 Å². The van der Waals surface area contributed by atoms with Gasteiger partial charge in [-0.25, -0.2) is 8.91 Å². The number of thiophene rings is 1. The van der Waals surface area contributed by atoms with Crippen LogP contribution in [0.4, 0.5) is 10.3 Å². The van der Waals surface area contributed by atoms with E-state index in [9.17, 15) is 4.39 Å². The maximum absolute atomic E-state index is 13.1. The molecule has 4 nitrogen and oxygen atoms in total. The highest BCUT2D eigenvalue weighted by molar-refractivity contribution is 7.10. The van der Waals surface area contributed by atoms with Gasteiger partial charge in [-0.15, -0.1) is 16.4 Å². The van der Waals surface area contributed by atoms with Crippen molar-refractivity contribution in [1.29, 1.82) is 0 Å². The van der Waals surface area contributed by atoms with Crippen LogP contribution < -0.4 is 5.32 Å². The molecule has 3 heterocycles. The number of nitrogens with zero attached hydrogens (tertiary/aromatic N) is 3. The maximum Gasteiger partial charge on any atom is 0.243 e. The fraction of sp³-hybridized carbons (Fsp3) is 0.231. The molecular formula is C13H13FN4S. The molecule has 0 saturated carbocycles. The van der Waals surface area contributed by atoms with Gasteiger partial charge in [0.05, 0.1) is 12.2 Å². The van der Waals surface area contributed by atoms with E-state index in [1.165, 1.54) is 21.7 Å². The molecule has 0 spiro atoms. The van der Waals surface area contributed by atoms with Gasteiger partial charge in [-0.2, -0.15) is 4.98 Å². The first-order valence-corrected chi connectivity index (χ1v) is 6.96. The molecular weight excluding hydrogens is 263 g/mol. The molecule has 3 aromatic heterocycles. The van der Waals surface area contributed by atoms with E-state index >= 15 is 0 Å². The fourth-order valence-corrected chi connectivity index (χ4v) is 2.80. The molecule has 0 radical (unpaired) electrons. The molecule has 0 bridgehead atoms. The highest BCUT2D eigenvalue weighted by Crippen LogP contribution is 2.25. The first-order valence-electron chi connectivity index (χ1n) is 6.08. The first kappa shape index (κ1) is 12.1. The molecule has 0 aliphatic carbocycles. The van der Waals surface area contributed by atoms with Crippen LogP contribution in [0.5, 0.6) is 0 Å². The molecule has 0 fully saturated rings. The van der Waals surface area contributed by atoms with Crippen molar-refractivity contribution in [2.24, 2.45) is 0 Å². The van der Waals surface area contributed by atoms with Crippen molar-refractivity contribution >= 4 is 22.9 Å². The number of pyridine rings is 1. The Morgan fingerprint density at radius 3 is 3.05 bits per heavy atom. The summed E-state index contributed by atoms with van der Waals surface area (Å²) in [5.41, 5.74) is 0.630. The summed E-state index contributed by atoms with van der Waals surface area (Å²) in [7, 11) is 0. The van der Waals surface area contributed by atoms with Crippen molar-refractivity contribution in [2.75, 3.05) is 5.32 Å². The van der Waals surface area contributed by atoms with Crippen LogP contribution in [0.15, 0.2) is 35.8 Å². The molecule has 0 aliphatic heterocycles.